The summed E-state index contributed by atoms with van der Waals surface area (Å²) < 4.78 is 12.4. The van der Waals surface area contributed by atoms with Crippen molar-refractivity contribution in [2.24, 2.45) is 0 Å². The average Bonchev–Trinajstić information content (AvgIpc) is 2.47. The van der Waals surface area contributed by atoms with E-state index in [1.807, 2.05) is 31.2 Å². The molecule has 0 bridgehead atoms. The third-order valence-electron chi connectivity index (χ3n) is 2.79. The maximum Gasteiger partial charge on any atom is 0.268 e. The zero-order chi connectivity index (χ0) is 13.9. The van der Waals surface area contributed by atoms with E-state index in [1.165, 1.54) is 0 Å². The summed E-state index contributed by atoms with van der Waals surface area (Å²) in [6.45, 7) is 1.81. The number of aryl methyl sites for hydroxylation is 1. The summed E-state index contributed by atoms with van der Waals surface area (Å²) in [6.07, 6.45) is 3.34. The molecule has 0 aliphatic rings. The Kier molecular flexibility index (Phi) is 3.58. The summed E-state index contributed by atoms with van der Waals surface area (Å²) in [5.41, 5.74) is 2.67. The Morgan fingerprint density at radius 1 is 1.05 bits per heavy atom. The fourth-order valence-electron chi connectivity index (χ4n) is 1.87. The second-order valence-corrected chi connectivity index (χ2v) is 5.64. The van der Waals surface area contributed by atoms with E-state index in [0.29, 0.717) is 27.6 Å². The van der Waals surface area contributed by atoms with Crippen LogP contribution in [0.3, 0.4) is 0 Å². The first-order chi connectivity index (χ1) is 9.74. The van der Waals surface area contributed by atoms with Gasteiger partial charge in [-0.1, -0.05) is 6.07 Å². The molecule has 0 saturated carbocycles. The topological polar surface area (TPSA) is 74.6 Å². The minimum absolute atomic E-state index is 0.328. The van der Waals surface area contributed by atoms with Gasteiger partial charge in [-0.3, -0.25) is 4.98 Å². The average molecular weight is 284 g/mol. The smallest absolute Gasteiger partial charge is 0.268 e. The van der Waals surface area contributed by atoms with Crippen molar-refractivity contribution in [1.29, 1.82) is 0 Å². The summed E-state index contributed by atoms with van der Waals surface area (Å²) in [5, 5.41) is 0.474. The summed E-state index contributed by atoms with van der Waals surface area (Å²) >= 11 is -1.28. The Balaban J connectivity index is 1.95. The van der Waals surface area contributed by atoms with Crippen LogP contribution < -0.4 is 0 Å². The lowest BCUT2D eigenvalue weighted by Gasteiger charge is -2.11. The van der Waals surface area contributed by atoms with Crippen molar-refractivity contribution in [3.8, 4) is 0 Å². The van der Waals surface area contributed by atoms with Crippen LogP contribution >= 0.6 is 0 Å². The molecule has 0 aromatic carbocycles. The highest BCUT2D eigenvalue weighted by Crippen LogP contribution is 2.18. The van der Waals surface area contributed by atoms with Gasteiger partial charge in [-0.25, -0.2) is 9.97 Å². The molecule has 20 heavy (non-hydrogen) atoms. The van der Waals surface area contributed by atoms with Crippen molar-refractivity contribution < 1.29 is 4.55 Å². The van der Waals surface area contributed by atoms with Gasteiger partial charge in [0.15, 0.2) is 11.4 Å². The second kappa shape index (κ2) is 5.52. The number of pyridine rings is 2. The highest BCUT2D eigenvalue weighted by atomic mass is 32.2. The van der Waals surface area contributed by atoms with E-state index >= 15 is 0 Å². The molecule has 0 amide bonds. The number of aromatic nitrogens is 4. The largest absolute Gasteiger partial charge is 0.610 e. The van der Waals surface area contributed by atoms with Gasteiger partial charge in [0.05, 0.1) is 5.69 Å². The summed E-state index contributed by atoms with van der Waals surface area (Å²) in [4.78, 5) is 17.1. The summed E-state index contributed by atoms with van der Waals surface area (Å²) in [7, 11) is 0. The van der Waals surface area contributed by atoms with Crippen LogP contribution in [0.4, 0.5) is 0 Å². The lowest BCUT2D eigenvalue weighted by atomic mass is 10.4. The molecule has 0 saturated heterocycles. The fraction of sp³-hybridized carbons (Fsp3) is 0.143. The monoisotopic (exact) mass is 284 g/mol. The molecular weight excluding hydrogens is 272 g/mol. The van der Waals surface area contributed by atoms with Crippen LogP contribution in [0.15, 0.2) is 47.8 Å². The zero-order valence-electron chi connectivity index (χ0n) is 10.9. The van der Waals surface area contributed by atoms with Gasteiger partial charge >= 0.3 is 0 Å². The van der Waals surface area contributed by atoms with Gasteiger partial charge in [-0.2, -0.15) is 4.98 Å². The molecule has 0 spiro atoms. The van der Waals surface area contributed by atoms with Gasteiger partial charge < -0.3 is 4.55 Å². The van der Waals surface area contributed by atoms with E-state index in [9.17, 15) is 4.55 Å². The highest BCUT2D eigenvalue weighted by molar-refractivity contribution is 7.90. The molecule has 0 aliphatic carbocycles. The number of nitrogens with zero attached hydrogens (tertiary/aromatic N) is 4. The van der Waals surface area contributed by atoms with Crippen molar-refractivity contribution in [2.45, 2.75) is 17.7 Å². The lowest BCUT2D eigenvalue weighted by molar-refractivity contribution is 0.588. The number of fused-ring (bicyclic) bond motifs is 1. The number of hydrogen-bond donors (Lipinski definition) is 0. The van der Waals surface area contributed by atoms with Gasteiger partial charge in [0.2, 0.25) is 0 Å². The van der Waals surface area contributed by atoms with Crippen molar-refractivity contribution in [3.05, 3.63) is 54.1 Å². The number of rotatable bonds is 3. The van der Waals surface area contributed by atoms with E-state index < -0.39 is 11.2 Å². The van der Waals surface area contributed by atoms with Gasteiger partial charge in [0, 0.05) is 23.6 Å². The van der Waals surface area contributed by atoms with E-state index in [0.717, 1.165) is 5.69 Å². The molecule has 0 radical (unpaired) electrons. The van der Waals surface area contributed by atoms with Crippen LogP contribution in [-0.2, 0) is 16.9 Å². The fourth-order valence-corrected chi connectivity index (χ4v) is 3.01. The van der Waals surface area contributed by atoms with Crippen LogP contribution in [-0.4, -0.2) is 24.5 Å². The third kappa shape index (κ3) is 2.61. The van der Waals surface area contributed by atoms with E-state index in [4.69, 9.17) is 0 Å². The zero-order valence-corrected chi connectivity index (χ0v) is 11.7. The molecule has 1 unspecified atom stereocenters. The molecule has 0 aliphatic heterocycles. The normalized spacial score (nSPS) is 12.5. The molecule has 6 heteroatoms. The Labute approximate surface area is 119 Å². The Morgan fingerprint density at radius 2 is 1.90 bits per heavy atom. The minimum Gasteiger partial charge on any atom is -0.610 e. The molecule has 3 heterocycles. The molecule has 100 valence electrons. The molecule has 5 nitrogen and oxygen atoms in total. The molecule has 3 aromatic rings. The third-order valence-corrected chi connectivity index (χ3v) is 4.17. The molecule has 3 rings (SSSR count). The molecule has 0 N–H and O–H groups in total. The van der Waals surface area contributed by atoms with E-state index in [1.54, 1.807) is 18.5 Å². The highest BCUT2D eigenvalue weighted by Gasteiger charge is 2.19. The van der Waals surface area contributed by atoms with Crippen LogP contribution in [0.5, 0.6) is 0 Å². The van der Waals surface area contributed by atoms with Crippen LogP contribution in [0.2, 0.25) is 0 Å². The van der Waals surface area contributed by atoms with Crippen molar-refractivity contribution in [2.75, 3.05) is 0 Å². The first kappa shape index (κ1) is 13.0. The lowest BCUT2D eigenvalue weighted by Crippen LogP contribution is -2.11. The Bertz CT molecular complexity index is 736. The maximum atomic E-state index is 12.4. The van der Waals surface area contributed by atoms with Crippen LogP contribution in [0.1, 0.15) is 11.4 Å². The SMILES string of the molecule is Cc1nc2cccnc2nc1[S+]([O-])Cc1ccccn1. The molecular formula is C14H12N4OS. The van der Waals surface area contributed by atoms with Gasteiger partial charge in [0.25, 0.3) is 5.03 Å². The van der Waals surface area contributed by atoms with Crippen molar-refractivity contribution in [1.82, 2.24) is 19.9 Å². The minimum atomic E-state index is -1.28. The van der Waals surface area contributed by atoms with Gasteiger partial charge in [-0.15, -0.1) is 0 Å². The maximum absolute atomic E-state index is 12.4. The summed E-state index contributed by atoms with van der Waals surface area (Å²) in [6, 6.07) is 9.20. The Morgan fingerprint density at radius 3 is 2.70 bits per heavy atom. The predicted molar refractivity (Wildman–Crippen MR) is 76.4 cm³/mol. The number of hydrogen-bond acceptors (Lipinski definition) is 5. The molecule has 3 aromatic heterocycles. The molecule has 1 atom stereocenters. The van der Waals surface area contributed by atoms with Crippen LogP contribution in [0, 0.1) is 6.92 Å². The van der Waals surface area contributed by atoms with Crippen molar-refractivity contribution >= 4 is 22.3 Å². The van der Waals surface area contributed by atoms with Gasteiger partial charge in [-0.05, 0) is 31.2 Å². The van der Waals surface area contributed by atoms with E-state index in [-0.39, 0.29) is 0 Å². The first-order valence-electron chi connectivity index (χ1n) is 6.12. The predicted octanol–water partition coefficient (Wildman–Crippen LogP) is 2.04. The van der Waals surface area contributed by atoms with Gasteiger partial charge in [0.1, 0.15) is 11.2 Å². The first-order valence-corrected chi connectivity index (χ1v) is 7.43. The summed E-state index contributed by atoms with van der Waals surface area (Å²) in [5.74, 6) is 0.328. The van der Waals surface area contributed by atoms with E-state index in [2.05, 4.69) is 19.9 Å². The second-order valence-electron chi connectivity index (χ2n) is 4.27. The standard InChI is InChI=1S/C14H12N4OS/c1-10-14(18-13-12(17-10)6-4-8-16-13)20(19)9-11-5-2-3-7-15-11/h2-8H,9H2,1H3. The van der Waals surface area contributed by atoms with Crippen molar-refractivity contribution in [3.63, 3.8) is 0 Å². The Hall–Kier alpha value is -2.05. The van der Waals surface area contributed by atoms with Crippen LogP contribution in [0.25, 0.3) is 11.2 Å². The molecule has 0 fully saturated rings. The quantitative estimate of drug-likeness (QED) is 0.688.